The van der Waals surface area contributed by atoms with Gasteiger partial charge < -0.3 is 14.8 Å². The minimum atomic E-state index is -4.41. The predicted octanol–water partition coefficient (Wildman–Crippen LogP) is 3.67. The molecule has 1 aliphatic heterocycles. The van der Waals surface area contributed by atoms with Crippen LogP contribution in [0.2, 0.25) is 0 Å². The summed E-state index contributed by atoms with van der Waals surface area (Å²) >= 11 is 0. The first-order chi connectivity index (χ1) is 13.3. The first-order valence-electron chi connectivity index (χ1n) is 8.59. The number of rotatable bonds is 5. The number of carbonyl (C=O) groups is 2. The highest BCUT2D eigenvalue weighted by Gasteiger charge is 2.33. The molecule has 0 unspecified atom stereocenters. The molecule has 148 valence electrons. The molecule has 0 fully saturated rings. The second kappa shape index (κ2) is 7.92. The van der Waals surface area contributed by atoms with Crippen molar-refractivity contribution >= 4 is 11.9 Å². The van der Waals surface area contributed by atoms with Gasteiger partial charge in [-0.05, 0) is 41.5 Å². The van der Waals surface area contributed by atoms with Crippen molar-refractivity contribution in [1.29, 1.82) is 0 Å². The van der Waals surface area contributed by atoms with Crippen molar-refractivity contribution in [2.45, 2.75) is 25.1 Å². The third kappa shape index (κ3) is 4.44. The molecule has 3 rings (SSSR count). The van der Waals surface area contributed by atoms with E-state index >= 15 is 0 Å². The quantitative estimate of drug-likeness (QED) is 0.788. The fraction of sp³-hybridized carbons (Fsp3) is 0.300. The van der Waals surface area contributed by atoms with Gasteiger partial charge in [0, 0.05) is 18.5 Å². The Morgan fingerprint density at radius 1 is 1.21 bits per heavy atom. The monoisotopic (exact) mass is 393 g/mol. The maximum atomic E-state index is 12.9. The summed E-state index contributed by atoms with van der Waals surface area (Å²) in [5, 5.41) is 2.62. The Kier molecular flexibility index (Phi) is 5.58. The van der Waals surface area contributed by atoms with Crippen LogP contribution in [0, 0.1) is 0 Å². The minimum absolute atomic E-state index is 0.0600. The number of alkyl halides is 3. The van der Waals surface area contributed by atoms with E-state index in [-0.39, 0.29) is 25.3 Å². The zero-order valence-electron chi connectivity index (χ0n) is 15.0. The van der Waals surface area contributed by atoms with E-state index in [0.717, 1.165) is 12.1 Å². The van der Waals surface area contributed by atoms with Gasteiger partial charge in [-0.25, -0.2) is 0 Å². The molecule has 0 saturated carbocycles. The molecule has 2 aromatic carbocycles. The fourth-order valence-corrected chi connectivity index (χ4v) is 2.97. The van der Waals surface area contributed by atoms with E-state index in [1.807, 2.05) is 0 Å². The lowest BCUT2D eigenvalue weighted by atomic mass is 10.0. The number of carbonyl (C=O) groups excluding carboxylic acids is 2. The number of halogens is 3. The van der Waals surface area contributed by atoms with Crippen molar-refractivity contribution in [3.05, 3.63) is 64.7 Å². The number of methoxy groups -OCH3 is 1. The maximum Gasteiger partial charge on any atom is 0.416 e. The molecule has 2 aromatic rings. The van der Waals surface area contributed by atoms with Gasteiger partial charge >= 0.3 is 12.1 Å². The summed E-state index contributed by atoms with van der Waals surface area (Å²) in [5.41, 5.74) is 0.824. The molecule has 0 spiro atoms. The molecular formula is C20H18F3NO4. The van der Waals surface area contributed by atoms with Crippen LogP contribution in [-0.2, 0) is 22.1 Å². The van der Waals surface area contributed by atoms with Crippen LogP contribution in [0.15, 0.2) is 42.5 Å². The number of hydrogen-bond donors (Lipinski definition) is 1. The van der Waals surface area contributed by atoms with E-state index in [4.69, 9.17) is 4.74 Å². The number of nitrogens with one attached hydrogen (secondary N) is 1. The fourth-order valence-electron chi connectivity index (χ4n) is 2.97. The predicted molar refractivity (Wildman–Crippen MR) is 93.9 cm³/mol. The van der Waals surface area contributed by atoms with Crippen molar-refractivity contribution in [2.75, 3.05) is 13.7 Å². The average Bonchev–Trinajstić information content (AvgIpc) is 3.10. The molecule has 8 heteroatoms. The lowest BCUT2D eigenvalue weighted by Gasteiger charge is -2.12. The van der Waals surface area contributed by atoms with Crippen molar-refractivity contribution < 1.29 is 32.2 Å². The zero-order valence-corrected chi connectivity index (χ0v) is 15.0. The molecule has 1 heterocycles. The van der Waals surface area contributed by atoms with Gasteiger partial charge in [0.15, 0.2) is 0 Å². The molecule has 1 N–H and O–H groups in total. The Bertz CT molecular complexity index is 895. The van der Waals surface area contributed by atoms with Gasteiger partial charge in [-0.2, -0.15) is 13.2 Å². The third-order valence-corrected chi connectivity index (χ3v) is 4.43. The van der Waals surface area contributed by atoms with E-state index < -0.39 is 23.8 Å². The van der Waals surface area contributed by atoms with Gasteiger partial charge in [-0.1, -0.05) is 12.1 Å². The maximum absolute atomic E-state index is 12.9. The van der Waals surface area contributed by atoms with Crippen LogP contribution in [0.3, 0.4) is 0 Å². The molecule has 1 amide bonds. The van der Waals surface area contributed by atoms with Gasteiger partial charge in [0.05, 0.1) is 19.1 Å². The molecule has 5 nitrogen and oxygen atoms in total. The number of benzene rings is 2. The SMILES string of the molecule is COC(=O)CCNC(=O)c1cccc([C@@H]2Cc3cc(C(F)(F)F)ccc3O2)c1. The van der Waals surface area contributed by atoms with Crippen molar-refractivity contribution in [2.24, 2.45) is 0 Å². The summed E-state index contributed by atoms with van der Waals surface area (Å²) in [6.07, 6.45) is -4.53. The average molecular weight is 393 g/mol. The Hall–Kier alpha value is -3.03. The second-order valence-corrected chi connectivity index (χ2v) is 6.34. The normalized spacial score (nSPS) is 15.5. The largest absolute Gasteiger partial charge is 0.485 e. The molecule has 28 heavy (non-hydrogen) atoms. The van der Waals surface area contributed by atoms with Crippen LogP contribution in [0.25, 0.3) is 0 Å². The minimum Gasteiger partial charge on any atom is -0.485 e. The molecule has 0 radical (unpaired) electrons. The van der Waals surface area contributed by atoms with Gasteiger partial charge in [0.1, 0.15) is 11.9 Å². The van der Waals surface area contributed by atoms with E-state index in [2.05, 4.69) is 10.1 Å². The molecule has 1 aliphatic rings. The van der Waals surface area contributed by atoms with Gasteiger partial charge in [0.2, 0.25) is 0 Å². The molecule has 1 atom stereocenters. The second-order valence-electron chi connectivity index (χ2n) is 6.34. The first kappa shape index (κ1) is 19.7. The zero-order chi connectivity index (χ0) is 20.3. The van der Waals surface area contributed by atoms with E-state index in [1.165, 1.54) is 13.2 Å². The van der Waals surface area contributed by atoms with E-state index in [9.17, 15) is 22.8 Å². The summed E-state index contributed by atoms with van der Waals surface area (Å²) in [7, 11) is 1.27. The highest BCUT2D eigenvalue weighted by atomic mass is 19.4. The summed E-state index contributed by atoms with van der Waals surface area (Å²) in [5.74, 6) is -0.379. The number of fused-ring (bicyclic) bond motifs is 1. The summed E-state index contributed by atoms with van der Waals surface area (Å²) in [6.45, 7) is 0.140. The number of esters is 1. The van der Waals surface area contributed by atoms with Gasteiger partial charge in [-0.3, -0.25) is 9.59 Å². The number of hydrogen-bond acceptors (Lipinski definition) is 4. The van der Waals surface area contributed by atoms with Gasteiger partial charge in [-0.15, -0.1) is 0 Å². The summed E-state index contributed by atoms with van der Waals surface area (Å²) in [4.78, 5) is 23.3. The standard InChI is InChI=1S/C20H18F3NO4/c1-27-18(25)7-8-24-19(26)13-4-2-3-12(9-13)17-11-14-10-15(20(21,22)23)5-6-16(14)28-17/h2-6,9-10,17H,7-8,11H2,1H3,(H,24,26)/t17-/m0/s1. The van der Waals surface area contributed by atoms with Crippen LogP contribution in [0.1, 0.15) is 39.6 Å². The highest BCUT2D eigenvalue weighted by molar-refractivity contribution is 5.94. The smallest absolute Gasteiger partial charge is 0.416 e. The van der Waals surface area contributed by atoms with Crippen LogP contribution in [0.5, 0.6) is 5.75 Å². The number of ether oxygens (including phenoxy) is 2. The molecule has 0 aliphatic carbocycles. The Morgan fingerprint density at radius 3 is 2.71 bits per heavy atom. The number of amides is 1. The molecule has 0 saturated heterocycles. The third-order valence-electron chi connectivity index (χ3n) is 4.43. The lowest BCUT2D eigenvalue weighted by Crippen LogP contribution is -2.26. The van der Waals surface area contributed by atoms with Gasteiger partial charge in [0.25, 0.3) is 5.91 Å². The first-order valence-corrected chi connectivity index (χ1v) is 8.59. The van der Waals surface area contributed by atoms with Crippen molar-refractivity contribution in [3.63, 3.8) is 0 Å². The topological polar surface area (TPSA) is 64.6 Å². The Morgan fingerprint density at radius 2 is 2.00 bits per heavy atom. The molecule has 0 aromatic heterocycles. The van der Waals surface area contributed by atoms with Crippen LogP contribution >= 0.6 is 0 Å². The van der Waals surface area contributed by atoms with E-state index in [0.29, 0.717) is 22.4 Å². The highest BCUT2D eigenvalue weighted by Crippen LogP contribution is 2.40. The Labute approximate surface area is 159 Å². The van der Waals surface area contributed by atoms with Crippen LogP contribution < -0.4 is 10.1 Å². The van der Waals surface area contributed by atoms with Crippen LogP contribution in [0.4, 0.5) is 13.2 Å². The van der Waals surface area contributed by atoms with Crippen molar-refractivity contribution in [1.82, 2.24) is 5.32 Å². The van der Waals surface area contributed by atoms with Crippen LogP contribution in [-0.4, -0.2) is 25.5 Å². The lowest BCUT2D eigenvalue weighted by molar-refractivity contribution is -0.140. The Balaban J connectivity index is 1.69. The van der Waals surface area contributed by atoms with Crippen molar-refractivity contribution in [3.8, 4) is 5.75 Å². The molecule has 0 bridgehead atoms. The van der Waals surface area contributed by atoms with E-state index in [1.54, 1.807) is 24.3 Å². The summed E-state index contributed by atoms with van der Waals surface area (Å²) < 4.78 is 48.9. The summed E-state index contributed by atoms with van der Waals surface area (Å²) in [6, 6.07) is 10.1. The molecular weight excluding hydrogens is 375 g/mol.